The number of ether oxygens (including phenoxy) is 2. The van der Waals surface area contributed by atoms with Crippen molar-refractivity contribution in [2.24, 2.45) is 5.10 Å². The van der Waals surface area contributed by atoms with Gasteiger partial charge in [0.05, 0.1) is 5.71 Å². The lowest BCUT2D eigenvalue weighted by atomic mass is 10.1. The molecular formula is C15H13N3O3. The summed E-state index contributed by atoms with van der Waals surface area (Å²) in [5, 5.41) is 4.08. The smallest absolute Gasteiger partial charge is 0.289 e. The predicted molar refractivity (Wildman–Crippen MR) is 76.5 cm³/mol. The van der Waals surface area contributed by atoms with Crippen LogP contribution in [0, 0.1) is 0 Å². The van der Waals surface area contributed by atoms with Gasteiger partial charge in [0.15, 0.2) is 11.5 Å². The summed E-state index contributed by atoms with van der Waals surface area (Å²) >= 11 is 0. The number of amides is 1. The minimum absolute atomic E-state index is 0.228. The quantitative estimate of drug-likeness (QED) is 0.690. The number of nitrogens with zero attached hydrogens (tertiary/aromatic N) is 2. The average Bonchev–Trinajstić information content (AvgIpc) is 3.00. The van der Waals surface area contributed by atoms with Gasteiger partial charge in [-0.3, -0.25) is 9.78 Å². The van der Waals surface area contributed by atoms with E-state index in [9.17, 15) is 4.79 Å². The van der Waals surface area contributed by atoms with Crippen molar-refractivity contribution in [2.45, 2.75) is 6.92 Å². The zero-order valence-corrected chi connectivity index (χ0v) is 11.4. The van der Waals surface area contributed by atoms with Gasteiger partial charge in [0.2, 0.25) is 6.79 Å². The molecule has 1 aliphatic heterocycles. The molecule has 106 valence electrons. The van der Waals surface area contributed by atoms with E-state index in [0.29, 0.717) is 22.9 Å². The molecule has 0 aliphatic carbocycles. The van der Waals surface area contributed by atoms with E-state index < -0.39 is 0 Å². The van der Waals surface area contributed by atoms with Gasteiger partial charge < -0.3 is 9.47 Å². The van der Waals surface area contributed by atoms with Crippen LogP contribution in [0.15, 0.2) is 47.7 Å². The third kappa shape index (κ3) is 2.84. The highest BCUT2D eigenvalue weighted by Crippen LogP contribution is 2.32. The standard InChI is InChI=1S/C15H13N3O3/c1-10(11-5-6-13-14(8-11)21-9-20-13)17-18-15(19)12-4-2-3-7-16-12/h2-8H,9H2,1H3,(H,18,19)/b17-10-. The number of benzene rings is 1. The summed E-state index contributed by atoms with van der Waals surface area (Å²) in [6.07, 6.45) is 1.56. The van der Waals surface area contributed by atoms with Crippen LogP contribution in [0.5, 0.6) is 11.5 Å². The van der Waals surface area contributed by atoms with Gasteiger partial charge in [-0.25, -0.2) is 5.43 Å². The van der Waals surface area contributed by atoms with Crippen molar-refractivity contribution in [3.8, 4) is 11.5 Å². The molecule has 1 amide bonds. The summed E-state index contributed by atoms with van der Waals surface area (Å²) in [5.74, 6) is 1.04. The zero-order chi connectivity index (χ0) is 14.7. The Morgan fingerprint density at radius 3 is 2.90 bits per heavy atom. The Kier molecular flexibility index (Phi) is 3.51. The number of pyridine rings is 1. The van der Waals surface area contributed by atoms with E-state index >= 15 is 0 Å². The fourth-order valence-electron chi connectivity index (χ4n) is 1.88. The first kappa shape index (κ1) is 13.1. The van der Waals surface area contributed by atoms with Crippen molar-refractivity contribution in [2.75, 3.05) is 6.79 Å². The van der Waals surface area contributed by atoms with Gasteiger partial charge in [0, 0.05) is 11.8 Å². The lowest BCUT2D eigenvalue weighted by Gasteiger charge is -2.04. The Morgan fingerprint density at radius 2 is 2.10 bits per heavy atom. The van der Waals surface area contributed by atoms with E-state index in [1.54, 1.807) is 31.3 Å². The van der Waals surface area contributed by atoms with Crippen LogP contribution in [0.3, 0.4) is 0 Å². The van der Waals surface area contributed by atoms with Crippen molar-refractivity contribution >= 4 is 11.6 Å². The molecule has 0 fully saturated rings. The second-order valence-electron chi connectivity index (χ2n) is 4.42. The maximum atomic E-state index is 11.8. The van der Waals surface area contributed by atoms with Crippen LogP contribution in [-0.2, 0) is 0 Å². The second kappa shape index (κ2) is 5.62. The molecule has 2 aromatic rings. The van der Waals surface area contributed by atoms with Gasteiger partial charge in [-0.05, 0) is 37.3 Å². The maximum absolute atomic E-state index is 11.8. The molecule has 0 radical (unpaired) electrons. The lowest BCUT2D eigenvalue weighted by molar-refractivity contribution is 0.0950. The first-order valence-electron chi connectivity index (χ1n) is 6.40. The normalized spacial score (nSPS) is 13.1. The van der Waals surface area contributed by atoms with Crippen LogP contribution in [-0.4, -0.2) is 23.4 Å². The fraction of sp³-hybridized carbons (Fsp3) is 0.133. The molecule has 0 saturated heterocycles. The van der Waals surface area contributed by atoms with Crippen LogP contribution >= 0.6 is 0 Å². The van der Waals surface area contributed by atoms with Gasteiger partial charge in [-0.15, -0.1) is 0 Å². The summed E-state index contributed by atoms with van der Waals surface area (Å²) in [6.45, 7) is 2.03. The van der Waals surface area contributed by atoms with E-state index in [0.717, 1.165) is 5.56 Å². The van der Waals surface area contributed by atoms with E-state index in [2.05, 4.69) is 15.5 Å². The Hall–Kier alpha value is -2.89. The van der Waals surface area contributed by atoms with Crippen LogP contribution < -0.4 is 14.9 Å². The van der Waals surface area contributed by atoms with Crippen LogP contribution in [0.2, 0.25) is 0 Å². The molecule has 1 aromatic carbocycles. The van der Waals surface area contributed by atoms with Crippen LogP contribution in [0.1, 0.15) is 23.0 Å². The third-order valence-electron chi connectivity index (χ3n) is 3.01. The first-order valence-corrected chi connectivity index (χ1v) is 6.40. The minimum atomic E-state index is -0.351. The lowest BCUT2D eigenvalue weighted by Crippen LogP contribution is -2.20. The van der Waals surface area contributed by atoms with Crippen molar-refractivity contribution < 1.29 is 14.3 Å². The van der Waals surface area contributed by atoms with Crippen molar-refractivity contribution in [1.29, 1.82) is 0 Å². The van der Waals surface area contributed by atoms with Crippen LogP contribution in [0.4, 0.5) is 0 Å². The predicted octanol–water partition coefficient (Wildman–Crippen LogP) is 1.96. The Bertz CT molecular complexity index is 699. The molecule has 6 heteroatoms. The Morgan fingerprint density at radius 1 is 1.24 bits per heavy atom. The average molecular weight is 283 g/mol. The molecule has 1 aliphatic rings. The highest BCUT2D eigenvalue weighted by Gasteiger charge is 2.14. The fourth-order valence-corrected chi connectivity index (χ4v) is 1.88. The molecule has 2 heterocycles. The summed E-state index contributed by atoms with van der Waals surface area (Å²) in [6, 6.07) is 10.6. The monoisotopic (exact) mass is 283 g/mol. The molecule has 0 spiro atoms. The molecule has 1 N–H and O–H groups in total. The first-order chi connectivity index (χ1) is 10.2. The topological polar surface area (TPSA) is 72.8 Å². The molecule has 0 unspecified atom stereocenters. The Labute approximate surface area is 121 Å². The number of hydrogen-bond donors (Lipinski definition) is 1. The van der Waals surface area contributed by atoms with Crippen LogP contribution in [0.25, 0.3) is 0 Å². The molecule has 0 saturated carbocycles. The van der Waals surface area contributed by atoms with E-state index in [4.69, 9.17) is 9.47 Å². The van der Waals surface area contributed by atoms with Gasteiger partial charge in [0.25, 0.3) is 5.91 Å². The number of nitrogens with one attached hydrogen (secondary N) is 1. The van der Waals surface area contributed by atoms with Crippen molar-refractivity contribution in [1.82, 2.24) is 10.4 Å². The minimum Gasteiger partial charge on any atom is -0.454 e. The van der Waals surface area contributed by atoms with Crippen molar-refractivity contribution in [3.05, 3.63) is 53.9 Å². The third-order valence-corrected chi connectivity index (χ3v) is 3.01. The van der Waals surface area contributed by atoms with Gasteiger partial charge in [0.1, 0.15) is 5.69 Å². The number of hydrazone groups is 1. The number of carbonyl (C=O) groups is 1. The molecule has 21 heavy (non-hydrogen) atoms. The molecule has 1 aromatic heterocycles. The van der Waals surface area contributed by atoms with Crippen molar-refractivity contribution in [3.63, 3.8) is 0 Å². The summed E-state index contributed by atoms with van der Waals surface area (Å²) < 4.78 is 10.6. The summed E-state index contributed by atoms with van der Waals surface area (Å²) in [5.41, 5.74) is 4.31. The van der Waals surface area contributed by atoms with E-state index in [1.807, 2.05) is 18.2 Å². The molecule has 3 rings (SSSR count). The number of hydrogen-bond acceptors (Lipinski definition) is 5. The number of carbonyl (C=O) groups excluding carboxylic acids is 1. The Balaban J connectivity index is 1.73. The van der Waals surface area contributed by atoms with Gasteiger partial charge in [-0.1, -0.05) is 6.07 Å². The zero-order valence-electron chi connectivity index (χ0n) is 11.4. The SMILES string of the molecule is C/C(=N/NC(=O)c1ccccn1)c1ccc2c(c1)OCO2. The number of aromatic nitrogens is 1. The molecule has 0 bridgehead atoms. The highest BCUT2D eigenvalue weighted by atomic mass is 16.7. The second-order valence-corrected chi connectivity index (χ2v) is 4.42. The number of rotatable bonds is 3. The molecular weight excluding hydrogens is 270 g/mol. The highest BCUT2D eigenvalue weighted by molar-refractivity contribution is 6.00. The maximum Gasteiger partial charge on any atom is 0.289 e. The van der Waals surface area contributed by atoms with E-state index in [-0.39, 0.29) is 12.7 Å². The largest absolute Gasteiger partial charge is 0.454 e. The molecule has 0 atom stereocenters. The van der Waals surface area contributed by atoms with E-state index in [1.165, 1.54) is 0 Å². The summed E-state index contributed by atoms with van der Waals surface area (Å²) in [7, 11) is 0. The summed E-state index contributed by atoms with van der Waals surface area (Å²) in [4.78, 5) is 15.8. The molecule has 6 nitrogen and oxygen atoms in total. The van der Waals surface area contributed by atoms with Gasteiger partial charge in [-0.2, -0.15) is 5.10 Å². The van der Waals surface area contributed by atoms with Gasteiger partial charge >= 0.3 is 0 Å². The number of fused-ring (bicyclic) bond motifs is 1.